The summed E-state index contributed by atoms with van der Waals surface area (Å²) in [4.78, 5) is 11.0. The van der Waals surface area contributed by atoms with Crippen molar-refractivity contribution in [2.75, 3.05) is 5.32 Å². The zero-order valence-corrected chi connectivity index (χ0v) is 13.8. The third-order valence-electron chi connectivity index (χ3n) is 3.26. The summed E-state index contributed by atoms with van der Waals surface area (Å²) in [7, 11) is 0. The molecule has 0 radical (unpaired) electrons. The van der Waals surface area contributed by atoms with E-state index >= 15 is 0 Å². The number of nitrogens with one attached hydrogen (secondary N) is 2. The van der Waals surface area contributed by atoms with Gasteiger partial charge in [-0.05, 0) is 36.2 Å². The number of hydrogen-bond acceptors (Lipinski definition) is 2. The van der Waals surface area contributed by atoms with Crippen LogP contribution in [0, 0.1) is 0 Å². The fourth-order valence-electron chi connectivity index (χ4n) is 2.12. The maximum Gasteiger partial charge on any atom is 0.221 e. The summed E-state index contributed by atoms with van der Waals surface area (Å²) in [5.41, 5.74) is 3.25. The minimum absolute atomic E-state index is 0.0524. The van der Waals surface area contributed by atoms with Crippen LogP contribution in [0.5, 0.6) is 0 Å². The monoisotopic (exact) mass is 346 g/mol. The van der Waals surface area contributed by atoms with Gasteiger partial charge in [0, 0.05) is 29.7 Å². The number of rotatable bonds is 5. The first-order chi connectivity index (χ1) is 10.1. The summed E-state index contributed by atoms with van der Waals surface area (Å²) in [5, 5.41) is 6.26. The lowest BCUT2D eigenvalue weighted by Crippen LogP contribution is -2.18. The van der Waals surface area contributed by atoms with Gasteiger partial charge in [0.25, 0.3) is 0 Å². The van der Waals surface area contributed by atoms with Crippen LogP contribution >= 0.6 is 15.9 Å². The molecule has 2 N–H and O–H groups in total. The highest BCUT2D eigenvalue weighted by Gasteiger charge is 2.07. The van der Waals surface area contributed by atoms with E-state index in [1.165, 1.54) is 18.1 Å². The van der Waals surface area contributed by atoms with Crippen molar-refractivity contribution in [1.29, 1.82) is 0 Å². The van der Waals surface area contributed by atoms with Gasteiger partial charge in [0.05, 0.1) is 0 Å². The van der Waals surface area contributed by atoms with Crippen LogP contribution in [0.25, 0.3) is 0 Å². The molecule has 0 bridgehead atoms. The fourth-order valence-corrected chi connectivity index (χ4v) is 2.74. The number of benzene rings is 2. The summed E-state index contributed by atoms with van der Waals surface area (Å²) in [6.07, 6.45) is 0. The maximum atomic E-state index is 11.0. The van der Waals surface area contributed by atoms with Crippen LogP contribution in [0.4, 0.5) is 5.69 Å². The normalized spacial score (nSPS) is 12.0. The van der Waals surface area contributed by atoms with Gasteiger partial charge in [-0.3, -0.25) is 4.79 Å². The third kappa shape index (κ3) is 4.69. The number of hydrogen-bond donors (Lipinski definition) is 2. The highest BCUT2D eigenvalue weighted by atomic mass is 79.9. The van der Waals surface area contributed by atoms with Crippen molar-refractivity contribution in [3.63, 3.8) is 0 Å². The zero-order valence-electron chi connectivity index (χ0n) is 12.2. The van der Waals surface area contributed by atoms with Crippen molar-refractivity contribution < 1.29 is 4.79 Å². The Labute approximate surface area is 133 Å². The van der Waals surface area contributed by atoms with Crippen LogP contribution in [0.2, 0.25) is 0 Å². The topological polar surface area (TPSA) is 41.1 Å². The molecule has 1 atom stereocenters. The van der Waals surface area contributed by atoms with Crippen molar-refractivity contribution in [2.24, 2.45) is 0 Å². The second kappa shape index (κ2) is 7.38. The molecule has 4 heteroatoms. The molecule has 21 heavy (non-hydrogen) atoms. The molecule has 0 fully saturated rings. The maximum absolute atomic E-state index is 11.0. The standard InChI is InChI=1S/C17H19BrN2O/c1-12(16-5-3-4-6-17(16)18)19-11-14-7-9-15(10-8-14)20-13(2)21/h3-10,12,19H,11H2,1-2H3,(H,20,21). The molecule has 0 saturated carbocycles. The number of carbonyl (C=O) groups excluding carboxylic acids is 1. The Bertz CT molecular complexity index is 610. The van der Waals surface area contributed by atoms with Crippen LogP contribution in [0.15, 0.2) is 53.0 Å². The Balaban J connectivity index is 1.94. The second-order valence-electron chi connectivity index (χ2n) is 5.00. The van der Waals surface area contributed by atoms with Gasteiger partial charge in [0.15, 0.2) is 0 Å². The summed E-state index contributed by atoms with van der Waals surface area (Å²) in [6, 6.07) is 16.4. The highest BCUT2D eigenvalue weighted by molar-refractivity contribution is 9.10. The Morgan fingerprint density at radius 3 is 2.43 bits per heavy atom. The van der Waals surface area contributed by atoms with Crippen molar-refractivity contribution in [1.82, 2.24) is 5.32 Å². The van der Waals surface area contributed by atoms with Gasteiger partial charge in [-0.2, -0.15) is 0 Å². The third-order valence-corrected chi connectivity index (χ3v) is 3.98. The Morgan fingerprint density at radius 2 is 1.81 bits per heavy atom. The Morgan fingerprint density at radius 1 is 1.14 bits per heavy atom. The lowest BCUT2D eigenvalue weighted by Gasteiger charge is -2.16. The Hall–Kier alpha value is -1.65. The van der Waals surface area contributed by atoms with Crippen molar-refractivity contribution in [3.8, 4) is 0 Å². The van der Waals surface area contributed by atoms with Crippen LogP contribution < -0.4 is 10.6 Å². The first-order valence-corrected chi connectivity index (χ1v) is 7.70. The number of halogens is 1. The molecule has 110 valence electrons. The largest absolute Gasteiger partial charge is 0.326 e. The molecule has 2 rings (SSSR count). The van der Waals surface area contributed by atoms with Gasteiger partial charge in [-0.1, -0.05) is 46.3 Å². The van der Waals surface area contributed by atoms with Gasteiger partial charge in [-0.25, -0.2) is 0 Å². The predicted octanol–water partition coefficient (Wildman–Crippen LogP) is 4.26. The molecule has 0 saturated heterocycles. The molecule has 0 heterocycles. The molecule has 0 aliphatic rings. The molecule has 0 aliphatic carbocycles. The lowest BCUT2D eigenvalue weighted by atomic mass is 10.1. The number of amides is 1. The van der Waals surface area contributed by atoms with Gasteiger partial charge >= 0.3 is 0 Å². The summed E-state index contributed by atoms with van der Waals surface area (Å²) < 4.78 is 1.12. The van der Waals surface area contributed by atoms with E-state index in [-0.39, 0.29) is 11.9 Å². The van der Waals surface area contributed by atoms with Crippen LogP contribution in [0.3, 0.4) is 0 Å². The van der Waals surface area contributed by atoms with Crippen LogP contribution in [-0.2, 0) is 11.3 Å². The van der Waals surface area contributed by atoms with Crippen molar-refractivity contribution in [3.05, 3.63) is 64.1 Å². The zero-order chi connectivity index (χ0) is 15.2. The average Bonchev–Trinajstić information content (AvgIpc) is 2.46. The first kappa shape index (κ1) is 15.7. The molecule has 3 nitrogen and oxygen atoms in total. The van der Waals surface area contributed by atoms with E-state index in [0.717, 1.165) is 16.7 Å². The molecule has 2 aromatic rings. The molecular formula is C17H19BrN2O. The first-order valence-electron chi connectivity index (χ1n) is 6.90. The highest BCUT2D eigenvalue weighted by Crippen LogP contribution is 2.23. The fraction of sp³-hybridized carbons (Fsp3) is 0.235. The summed E-state index contributed by atoms with van der Waals surface area (Å²) >= 11 is 3.58. The van der Waals surface area contributed by atoms with Crippen molar-refractivity contribution >= 4 is 27.5 Å². The quantitative estimate of drug-likeness (QED) is 0.849. The molecular weight excluding hydrogens is 328 g/mol. The molecule has 0 aliphatic heterocycles. The van der Waals surface area contributed by atoms with Gasteiger partial charge in [0.1, 0.15) is 0 Å². The SMILES string of the molecule is CC(=O)Nc1ccc(CNC(C)c2ccccc2Br)cc1. The van der Waals surface area contributed by atoms with E-state index in [1.807, 2.05) is 36.4 Å². The predicted molar refractivity (Wildman–Crippen MR) is 90.1 cm³/mol. The Kier molecular flexibility index (Phi) is 5.53. The van der Waals surface area contributed by atoms with Gasteiger partial charge in [0.2, 0.25) is 5.91 Å². The number of anilines is 1. The second-order valence-corrected chi connectivity index (χ2v) is 5.86. The molecule has 2 aromatic carbocycles. The van der Waals surface area contributed by atoms with Gasteiger partial charge in [-0.15, -0.1) is 0 Å². The summed E-state index contributed by atoms with van der Waals surface area (Å²) in [6.45, 7) is 4.43. The molecule has 1 amide bonds. The molecule has 0 spiro atoms. The van der Waals surface area contributed by atoms with E-state index in [2.05, 4.69) is 45.6 Å². The van der Waals surface area contributed by atoms with E-state index in [9.17, 15) is 4.79 Å². The minimum atomic E-state index is -0.0524. The van der Waals surface area contributed by atoms with E-state index < -0.39 is 0 Å². The van der Waals surface area contributed by atoms with Crippen LogP contribution in [0.1, 0.15) is 31.0 Å². The smallest absolute Gasteiger partial charge is 0.221 e. The van der Waals surface area contributed by atoms with E-state index in [0.29, 0.717) is 0 Å². The number of carbonyl (C=O) groups is 1. The summed E-state index contributed by atoms with van der Waals surface area (Å²) in [5.74, 6) is -0.0524. The van der Waals surface area contributed by atoms with E-state index in [4.69, 9.17) is 0 Å². The minimum Gasteiger partial charge on any atom is -0.326 e. The van der Waals surface area contributed by atoms with Crippen LogP contribution in [-0.4, -0.2) is 5.91 Å². The molecule has 1 unspecified atom stereocenters. The average molecular weight is 347 g/mol. The molecule has 0 aromatic heterocycles. The van der Waals surface area contributed by atoms with Gasteiger partial charge < -0.3 is 10.6 Å². The van der Waals surface area contributed by atoms with Crippen molar-refractivity contribution in [2.45, 2.75) is 26.4 Å². The lowest BCUT2D eigenvalue weighted by molar-refractivity contribution is -0.114. The van der Waals surface area contributed by atoms with E-state index in [1.54, 1.807) is 0 Å².